The van der Waals surface area contributed by atoms with Crippen LogP contribution in [0.1, 0.15) is 26.4 Å². The summed E-state index contributed by atoms with van der Waals surface area (Å²) in [6.07, 6.45) is -10.4. The number of benzene rings is 2. The number of β-amino-alcohol motifs (C(OH)–C–C–N with tert-alkyl or cyclic N) is 1. The van der Waals surface area contributed by atoms with Gasteiger partial charge in [-0.05, 0) is 71.1 Å². The van der Waals surface area contributed by atoms with Crippen molar-refractivity contribution in [3.8, 4) is 11.1 Å². The van der Waals surface area contributed by atoms with Gasteiger partial charge in [0, 0.05) is 10.6 Å². The Morgan fingerprint density at radius 3 is 2.12 bits per heavy atom. The van der Waals surface area contributed by atoms with Gasteiger partial charge in [0.2, 0.25) is 0 Å². The van der Waals surface area contributed by atoms with Crippen LogP contribution in [0.4, 0.5) is 32.0 Å². The molecule has 2 aromatic carbocycles. The topological polar surface area (TPSA) is 107 Å². The van der Waals surface area contributed by atoms with Crippen molar-refractivity contribution in [2.45, 2.75) is 18.5 Å². The monoisotopic (exact) mass is 646 g/mol. The van der Waals surface area contributed by atoms with Crippen LogP contribution >= 0.6 is 35.3 Å². The summed E-state index contributed by atoms with van der Waals surface area (Å²) in [6.45, 7) is -0.513. The number of hydrogen-bond acceptors (Lipinski definition) is 7. The SMILES string of the molecule is O=C(O)c1ccc(NC(=O)C(O)CN2C(=O)/C(=C/c3cc(-c4cc(C(F)(F)F)cc(C(F)(F)F)c4)cs3)SC2=S)cc1. The van der Waals surface area contributed by atoms with Crippen molar-refractivity contribution in [2.75, 3.05) is 11.9 Å². The summed E-state index contributed by atoms with van der Waals surface area (Å²) >= 11 is 6.99. The number of aliphatic hydroxyl groups is 1. The molecule has 1 aromatic heterocycles. The summed E-state index contributed by atoms with van der Waals surface area (Å²) in [5.74, 6) is -2.73. The van der Waals surface area contributed by atoms with E-state index in [0.717, 1.165) is 28.0 Å². The molecule has 42 heavy (non-hydrogen) atoms. The average Bonchev–Trinajstić information content (AvgIpc) is 3.48. The third-order valence-electron chi connectivity index (χ3n) is 5.75. The van der Waals surface area contributed by atoms with E-state index in [4.69, 9.17) is 17.3 Å². The molecule has 0 saturated carbocycles. The Morgan fingerprint density at radius 1 is 0.976 bits per heavy atom. The van der Waals surface area contributed by atoms with Gasteiger partial charge >= 0.3 is 18.3 Å². The first-order valence-corrected chi connectivity index (χ1v) is 13.6. The van der Waals surface area contributed by atoms with E-state index in [1.165, 1.54) is 41.8 Å². The highest BCUT2D eigenvalue weighted by Crippen LogP contribution is 2.40. The first kappa shape index (κ1) is 31.2. The molecule has 220 valence electrons. The number of thiocarbonyl (C=S) groups is 1. The molecule has 2 heterocycles. The van der Waals surface area contributed by atoms with Crippen molar-refractivity contribution in [1.82, 2.24) is 4.90 Å². The van der Waals surface area contributed by atoms with E-state index in [0.29, 0.717) is 17.0 Å². The molecule has 1 unspecified atom stereocenters. The molecule has 1 fully saturated rings. The first-order valence-electron chi connectivity index (χ1n) is 11.5. The minimum atomic E-state index is -5.00. The largest absolute Gasteiger partial charge is 0.478 e. The Kier molecular flexibility index (Phi) is 8.82. The summed E-state index contributed by atoms with van der Waals surface area (Å²) in [4.78, 5) is 37.6. The van der Waals surface area contributed by atoms with Crippen LogP contribution in [0.15, 0.2) is 58.8 Å². The maximum absolute atomic E-state index is 13.2. The number of nitrogens with zero attached hydrogens (tertiary/aromatic N) is 1. The number of thiophene rings is 1. The fraction of sp³-hybridized carbons (Fsp3) is 0.154. The second-order valence-electron chi connectivity index (χ2n) is 8.71. The predicted octanol–water partition coefficient (Wildman–Crippen LogP) is 6.35. The number of carboxylic acid groups (broad SMARTS) is 1. The summed E-state index contributed by atoms with van der Waals surface area (Å²) in [7, 11) is 0. The number of carbonyl (C=O) groups is 3. The average molecular weight is 647 g/mol. The molecule has 4 rings (SSSR count). The number of anilines is 1. The van der Waals surface area contributed by atoms with Crippen LogP contribution in [0, 0.1) is 0 Å². The number of alkyl halides is 6. The van der Waals surface area contributed by atoms with E-state index in [2.05, 4.69) is 5.32 Å². The fourth-order valence-corrected chi connectivity index (χ4v) is 5.85. The number of halogens is 6. The van der Waals surface area contributed by atoms with Crippen molar-refractivity contribution < 1.29 is 50.9 Å². The molecule has 7 nitrogen and oxygen atoms in total. The smallest absolute Gasteiger partial charge is 0.416 e. The van der Waals surface area contributed by atoms with Crippen LogP contribution in [0.2, 0.25) is 0 Å². The van der Waals surface area contributed by atoms with Gasteiger partial charge < -0.3 is 15.5 Å². The maximum atomic E-state index is 13.2. The second-order valence-corrected chi connectivity index (χ2v) is 11.3. The predicted molar refractivity (Wildman–Crippen MR) is 148 cm³/mol. The number of nitrogens with one attached hydrogen (secondary N) is 1. The minimum absolute atomic E-state index is 0.00777. The first-order chi connectivity index (χ1) is 19.5. The molecule has 1 aliphatic heterocycles. The molecule has 3 N–H and O–H groups in total. The number of rotatable bonds is 7. The molecule has 0 spiro atoms. The molecule has 1 aliphatic rings. The van der Waals surface area contributed by atoms with Crippen LogP contribution in [0.5, 0.6) is 0 Å². The molecule has 1 saturated heterocycles. The molecule has 0 bridgehead atoms. The number of carboxylic acids is 1. The van der Waals surface area contributed by atoms with Gasteiger partial charge in [-0.2, -0.15) is 26.3 Å². The van der Waals surface area contributed by atoms with Gasteiger partial charge in [0.25, 0.3) is 11.8 Å². The summed E-state index contributed by atoms with van der Waals surface area (Å²) in [6, 6.07) is 7.69. The summed E-state index contributed by atoms with van der Waals surface area (Å²) in [5, 5.41) is 23.0. The zero-order chi connectivity index (χ0) is 31.0. The highest BCUT2D eigenvalue weighted by molar-refractivity contribution is 8.26. The Hall–Kier alpha value is -3.73. The number of aliphatic hydroxyl groups excluding tert-OH is 1. The third-order valence-corrected chi connectivity index (χ3v) is 8.00. The zero-order valence-corrected chi connectivity index (χ0v) is 23.1. The highest BCUT2D eigenvalue weighted by Gasteiger charge is 2.37. The molecule has 3 aromatic rings. The molecule has 0 radical (unpaired) electrons. The number of amides is 2. The summed E-state index contributed by atoms with van der Waals surface area (Å²) in [5.41, 5.74) is -2.97. The lowest BCUT2D eigenvalue weighted by Gasteiger charge is -2.18. The van der Waals surface area contributed by atoms with Crippen LogP contribution in [0.3, 0.4) is 0 Å². The van der Waals surface area contributed by atoms with Crippen LogP contribution in [0.25, 0.3) is 17.2 Å². The lowest BCUT2D eigenvalue weighted by Crippen LogP contribution is -2.41. The number of aromatic carboxylic acids is 1. The number of carbonyl (C=O) groups excluding carboxylic acids is 2. The molecule has 16 heteroatoms. The Bertz CT molecular complexity index is 1570. The van der Waals surface area contributed by atoms with Crippen molar-refractivity contribution in [1.29, 1.82) is 0 Å². The van der Waals surface area contributed by atoms with Gasteiger partial charge in [0.15, 0.2) is 6.10 Å². The van der Waals surface area contributed by atoms with Crippen LogP contribution in [-0.2, 0) is 21.9 Å². The standard InChI is InChI=1S/C26H16F6N2O5S3/c27-25(28,29)15-5-13(6-16(8-15)26(30,31)32)14-7-18(41-11-14)9-20-22(37)34(24(40)42-20)10-19(35)21(36)33-17-3-1-12(2-4-17)23(38)39/h1-9,11,19,35H,10H2,(H,33,36)(H,38,39)/b20-9-. The lowest BCUT2D eigenvalue weighted by atomic mass is 10.0. The minimum Gasteiger partial charge on any atom is -0.478 e. The zero-order valence-electron chi connectivity index (χ0n) is 20.6. The lowest BCUT2D eigenvalue weighted by molar-refractivity contribution is -0.143. The second kappa shape index (κ2) is 11.9. The van der Waals surface area contributed by atoms with Gasteiger partial charge in [-0.3, -0.25) is 14.5 Å². The van der Waals surface area contributed by atoms with Gasteiger partial charge in [0.1, 0.15) is 4.32 Å². The Balaban J connectivity index is 1.48. The van der Waals surface area contributed by atoms with E-state index in [9.17, 15) is 45.8 Å². The van der Waals surface area contributed by atoms with Crippen molar-refractivity contribution in [2.24, 2.45) is 0 Å². The molecule has 1 atom stereocenters. The van der Waals surface area contributed by atoms with Crippen molar-refractivity contribution in [3.63, 3.8) is 0 Å². The van der Waals surface area contributed by atoms with Gasteiger partial charge in [0.05, 0.1) is 28.1 Å². The molecular weight excluding hydrogens is 630 g/mol. The highest BCUT2D eigenvalue weighted by atomic mass is 32.2. The van der Waals surface area contributed by atoms with Crippen LogP contribution < -0.4 is 5.32 Å². The Labute approximate surface area is 246 Å². The van der Waals surface area contributed by atoms with E-state index >= 15 is 0 Å². The number of thioether (sulfide) groups is 1. The van der Waals surface area contributed by atoms with E-state index in [1.54, 1.807) is 0 Å². The van der Waals surface area contributed by atoms with E-state index < -0.39 is 53.9 Å². The number of hydrogen-bond donors (Lipinski definition) is 3. The van der Waals surface area contributed by atoms with Gasteiger partial charge in [-0.1, -0.05) is 24.0 Å². The van der Waals surface area contributed by atoms with E-state index in [1.807, 2.05) is 0 Å². The van der Waals surface area contributed by atoms with Crippen LogP contribution in [-0.4, -0.2) is 49.9 Å². The van der Waals surface area contributed by atoms with Crippen molar-refractivity contribution in [3.05, 3.63) is 80.4 Å². The Morgan fingerprint density at radius 2 is 1.57 bits per heavy atom. The van der Waals surface area contributed by atoms with Gasteiger partial charge in [-0.15, -0.1) is 11.3 Å². The third kappa shape index (κ3) is 7.18. The quantitative estimate of drug-likeness (QED) is 0.156. The molecular formula is C26H16F6N2O5S3. The summed E-state index contributed by atoms with van der Waals surface area (Å²) < 4.78 is 79.5. The molecule has 0 aliphatic carbocycles. The molecule has 2 amide bonds. The maximum Gasteiger partial charge on any atom is 0.416 e. The van der Waals surface area contributed by atoms with Gasteiger partial charge in [-0.25, -0.2) is 4.79 Å². The fourth-order valence-electron chi connectivity index (χ4n) is 3.67. The van der Waals surface area contributed by atoms with Crippen molar-refractivity contribution >= 4 is 69.2 Å². The normalized spacial score (nSPS) is 15.8. The van der Waals surface area contributed by atoms with E-state index in [-0.39, 0.29) is 37.7 Å².